The van der Waals surface area contributed by atoms with Gasteiger partial charge in [0.2, 0.25) is 0 Å². The lowest BCUT2D eigenvalue weighted by molar-refractivity contribution is 0.0944. The SMILES string of the molecule is Nc1c(NCC2(CO)CCCCC2)ccc2ncccc12. The Morgan fingerprint density at radius 3 is 2.76 bits per heavy atom. The molecule has 0 radical (unpaired) electrons. The molecule has 4 nitrogen and oxygen atoms in total. The van der Waals surface area contributed by atoms with Gasteiger partial charge in [-0.2, -0.15) is 0 Å². The van der Waals surface area contributed by atoms with Crippen LogP contribution in [-0.2, 0) is 0 Å². The molecule has 0 bridgehead atoms. The first-order chi connectivity index (χ1) is 10.2. The Bertz CT molecular complexity index is 620. The van der Waals surface area contributed by atoms with Crippen molar-refractivity contribution in [1.82, 2.24) is 4.98 Å². The zero-order chi connectivity index (χ0) is 14.7. The number of benzene rings is 1. The first-order valence-electron chi connectivity index (χ1n) is 7.72. The highest BCUT2D eigenvalue weighted by atomic mass is 16.3. The molecule has 3 rings (SSSR count). The number of nitrogens with one attached hydrogen (secondary N) is 1. The maximum atomic E-state index is 9.78. The minimum atomic E-state index is 0.00852. The second kappa shape index (κ2) is 5.90. The third-order valence-corrected chi connectivity index (χ3v) is 4.73. The molecule has 0 atom stereocenters. The van der Waals surface area contributed by atoms with Crippen LogP contribution in [0.3, 0.4) is 0 Å². The fourth-order valence-electron chi connectivity index (χ4n) is 3.30. The topological polar surface area (TPSA) is 71.2 Å². The number of pyridine rings is 1. The lowest BCUT2D eigenvalue weighted by Gasteiger charge is -2.36. The fourth-order valence-corrected chi connectivity index (χ4v) is 3.30. The fraction of sp³-hybridized carbons (Fsp3) is 0.471. The number of hydrogen-bond acceptors (Lipinski definition) is 4. The van der Waals surface area contributed by atoms with E-state index in [4.69, 9.17) is 5.73 Å². The Morgan fingerprint density at radius 1 is 1.19 bits per heavy atom. The molecule has 1 fully saturated rings. The van der Waals surface area contributed by atoms with Gasteiger partial charge >= 0.3 is 0 Å². The smallest absolute Gasteiger partial charge is 0.0724 e. The van der Waals surface area contributed by atoms with Gasteiger partial charge in [0.25, 0.3) is 0 Å². The van der Waals surface area contributed by atoms with Crippen molar-refractivity contribution >= 4 is 22.3 Å². The van der Waals surface area contributed by atoms with Crippen molar-refractivity contribution in [1.29, 1.82) is 0 Å². The quantitative estimate of drug-likeness (QED) is 0.755. The van der Waals surface area contributed by atoms with E-state index >= 15 is 0 Å². The summed E-state index contributed by atoms with van der Waals surface area (Å²) in [5.74, 6) is 0. The third-order valence-electron chi connectivity index (χ3n) is 4.73. The van der Waals surface area contributed by atoms with Gasteiger partial charge in [-0.25, -0.2) is 0 Å². The molecule has 1 aliphatic carbocycles. The summed E-state index contributed by atoms with van der Waals surface area (Å²) in [6.07, 6.45) is 7.65. The van der Waals surface area contributed by atoms with Crippen LogP contribution in [0.15, 0.2) is 30.5 Å². The number of rotatable bonds is 4. The van der Waals surface area contributed by atoms with Crippen molar-refractivity contribution in [2.45, 2.75) is 32.1 Å². The molecule has 0 amide bonds. The number of nitrogen functional groups attached to an aromatic ring is 1. The van der Waals surface area contributed by atoms with Gasteiger partial charge in [-0.1, -0.05) is 19.3 Å². The van der Waals surface area contributed by atoms with Gasteiger partial charge in [-0.05, 0) is 37.1 Å². The lowest BCUT2D eigenvalue weighted by Crippen LogP contribution is -2.35. The van der Waals surface area contributed by atoms with Crippen LogP contribution >= 0.6 is 0 Å². The summed E-state index contributed by atoms with van der Waals surface area (Å²) < 4.78 is 0. The van der Waals surface area contributed by atoms with Gasteiger partial charge in [-0.3, -0.25) is 4.98 Å². The van der Waals surface area contributed by atoms with Gasteiger partial charge < -0.3 is 16.2 Å². The molecule has 2 aromatic rings. The molecular weight excluding hydrogens is 262 g/mol. The van der Waals surface area contributed by atoms with E-state index in [9.17, 15) is 5.11 Å². The number of nitrogens with two attached hydrogens (primary N) is 1. The predicted octanol–water partition coefficient (Wildman–Crippen LogP) is 3.17. The molecule has 1 aliphatic rings. The van der Waals surface area contributed by atoms with Crippen molar-refractivity contribution in [2.75, 3.05) is 24.2 Å². The molecule has 0 spiro atoms. The van der Waals surface area contributed by atoms with Crippen molar-refractivity contribution < 1.29 is 5.11 Å². The highest BCUT2D eigenvalue weighted by Gasteiger charge is 2.31. The van der Waals surface area contributed by atoms with E-state index in [1.807, 2.05) is 24.3 Å². The highest BCUT2D eigenvalue weighted by molar-refractivity contribution is 5.96. The van der Waals surface area contributed by atoms with Crippen molar-refractivity contribution in [3.63, 3.8) is 0 Å². The van der Waals surface area contributed by atoms with Gasteiger partial charge in [0.1, 0.15) is 0 Å². The summed E-state index contributed by atoms with van der Waals surface area (Å²) in [4.78, 5) is 4.32. The normalized spacial score (nSPS) is 17.8. The average molecular weight is 285 g/mol. The molecular formula is C17H23N3O. The van der Waals surface area contributed by atoms with Crippen LogP contribution in [0.25, 0.3) is 10.9 Å². The number of aliphatic hydroxyl groups excluding tert-OH is 1. The van der Waals surface area contributed by atoms with E-state index in [-0.39, 0.29) is 12.0 Å². The largest absolute Gasteiger partial charge is 0.397 e. The highest BCUT2D eigenvalue weighted by Crippen LogP contribution is 2.37. The second-order valence-corrected chi connectivity index (χ2v) is 6.17. The minimum absolute atomic E-state index is 0.00852. The number of nitrogens with zero attached hydrogens (tertiary/aromatic N) is 1. The molecule has 1 heterocycles. The lowest BCUT2D eigenvalue weighted by atomic mass is 9.74. The molecule has 0 saturated heterocycles. The maximum Gasteiger partial charge on any atom is 0.0724 e. The summed E-state index contributed by atoms with van der Waals surface area (Å²) >= 11 is 0. The Morgan fingerprint density at radius 2 is 2.00 bits per heavy atom. The van der Waals surface area contributed by atoms with E-state index in [0.29, 0.717) is 0 Å². The molecule has 21 heavy (non-hydrogen) atoms. The van der Waals surface area contributed by atoms with Gasteiger partial charge in [0.15, 0.2) is 0 Å². The van der Waals surface area contributed by atoms with E-state index < -0.39 is 0 Å². The van der Waals surface area contributed by atoms with E-state index in [1.54, 1.807) is 6.20 Å². The summed E-state index contributed by atoms with van der Waals surface area (Å²) in [6.45, 7) is 1.02. The summed E-state index contributed by atoms with van der Waals surface area (Å²) in [5.41, 5.74) is 8.85. The standard InChI is InChI=1S/C17H23N3O/c18-16-13-5-4-10-19-14(13)6-7-15(16)20-11-17(12-21)8-2-1-3-9-17/h4-7,10,20-21H,1-3,8-9,11-12,18H2. The zero-order valence-corrected chi connectivity index (χ0v) is 12.3. The van der Waals surface area contributed by atoms with Crippen molar-refractivity contribution in [3.8, 4) is 0 Å². The summed E-state index contributed by atoms with van der Waals surface area (Å²) in [7, 11) is 0. The average Bonchev–Trinajstić information content (AvgIpc) is 2.55. The van der Waals surface area contributed by atoms with Crippen LogP contribution in [0, 0.1) is 5.41 Å². The Hall–Kier alpha value is -1.81. The number of aromatic nitrogens is 1. The molecule has 4 heteroatoms. The number of hydrogen-bond donors (Lipinski definition) is 3. The minimum Gasteiger partial charge on any atom is -0.397 e. The summed E-state index contributed by atoms with van der Waals surface area (Å²) in [5, 5.41) is 14.2. The van der Waals surface area contributed by atoms with Crippen LogP contribution in [0.5, 0.6) is 0 Å². The van der Waals surface area contributed by atoms with E-state index in [2.05, 4.69) is 10.3 Å². The van der Waals surface area contributed by atoms with Crippen LogP contribution in [-0.4, -0.2) is 23.2 Å². The zero-order valence-electron chi connectivity index (χ0n) is 12.3. The molecule has 0 aliphatic heterocycles. The Kier molecular flexibility index (Phi) is 3.97. The van der Waals surface area contributed by atoms with Crippen LogP contribution < -0.4 is 11.1 Å². The van der Waals surface area contributed by atoms with Crippen molar-refractivity contribution in [2.24, 2.45) is 5.41 Å². The van der Waals surface area contributed by atoms with Gasteiger partial charge in [0, 0.05) is 23.5 Å². The van der Waals surface area contributed by atoms with Crippen LogP contribution in [0.2, 0.25) is 0 Å². The molecule has 1 aromatic carbocycles. The predicted molar refractivity (Wildman–Crippen MR) is 87.2 cm³/mol. The first-order valence-corrected chi connectivity index (χ1v) is 7.72. The number of fused-ring (bicyclic) bond motifs is 1. The molecule has 0 unspecified atom stereocenters. The molecule has 4 N–H and O–H groups in total. The van der Waals surface area contributed by atoms with Crippen LogP contribution in [0.4, 0.5) is 11.4 Å². The van der Waals surface area contributed by atoms with E-state index in [1.165, 1.54) is 19.3 Å². The number of aliphatic hydroxyl groups is 1. The second-order valence-electron chi connectivity index (χ2n) is 6.17. The van der Waals surface area contributed by atoms with E-state index in [0.717, 1.165) is 41.7 Å². The van der Waals surface area contributed by atoms with Crippen molar-refractivity contribution in [3.05, 3.63) is 30.5 Å². The summed E-state index contributed by atoms with van der Waals surface area (Å²) in [6, 6.07) is 7.86. The Labute approximate surface area is 125 Å². The monoisotopic (exact) mass is 285 g/mol. The number of anilines is 2. The molecule has 1 saturated carbocycles. The molecule has 1 aromatic heterocycles. The Balaban J connectivity index is 1.80. The van der Waals surface area contributed by atoms with Gasteiger partial charge in [0.05, 0.1) is 23.5 Å². The maximum absolute atomic E-state index is 9.78. The van der Waals surface area contributed by atoms with Gasteiger partial charge in [-0.15, -0.1) is 0 Å². The molecule has 112 valence electrons. The third kappa shape index (κ3) is 2.81. The first kappa shape index (κ1) is 14.1. The van der Waals surface area contributed by atoms with Crippen LogP contribution in [0.1, 0.15) is 32.1 Å².